The summed E-state index contributed by atoms with van der Waals surface area (Å²) in [4.78, 5) is 4.06. The molecule has 0 amide bonds. The first-order valence-corrected chi connectivity index (χ1v) is 7.07. The first kappa shape index (κ1) is 14.1. The Labute approximate surface area is 102 Å². The monoisotopic (exact) mass is 260 g/mol. The first-order chi connectivity index (χ1) is 7.93. The second kappa shape index (κ2) is 5.61. The number of hydrogen-bond acceptors (Lipinski definition) is 4. The highest BCUT2D eigenvalue weighted by molar-refractivity contribution is 7.89. The fourth-order valence-electron chi connectivity index (χ4n) is 1.53. The molecule has 1 aromatic heterocycles. The van der Waals surface area contributed by atoms with Crippen molar-refractivity contribution in [1.29, 1.82) is 0 Å². The van der Waals surface area contributed by atoms with Gasteiger partial charge in [-0.3, -0.25) is 0 Å². The van der Waals surface area contributed by atoms with E-state index in [0.717, 1.165) is 6.42 Å². The summed E-state index contributed by atoms with van der Waals surface area (Å²) in [7, 11) is -1.73. The Bertz CT molecular complexity index is 441. The van der Waals surface area contributed by atoms with E-state index in [0.29, 0.717) is 25.5 Å². The van der Waals surface area contributed by atoms with Gasteiger partial charge in [0.25, 0.3) is 10.0 Å². The Hall–Kier alpha value is -0.920. The molecule has 0 fully saturated rings. The van der Waals surface area contributed by atoms with Crippen molar-refractivity contribution >= 4 is 10.0 Å². The first-order valence-electron chi connectivity index (χ1n) is 5.63. The molecule has 0 saturated heterocycles. The van der Waals surface area contributed by atoms with Crippen molar-refractivity contribution in [2.75, 3.05) is 19.6 Å². The predicted octanol–water partition coefficient (Wildman–Crippen LogP) is 0.0879. The van der Waals surface area contributed by atoms with Crippen LogP contribution < -0.4 is 5.73 Å². The SMILES string of the molecule is CCCN(CCN)S(=O)(=O)c1cn(C)c(C)n1. The molecule has 6 nitrogen and oxygen atoms in total. The molecule has 0 aliphatic heterocycles. The lowest BCUT2D eigenvalue weighted by atomic mass is 10.5. The van der Waals surface area contributed by atoms with Crippen LogP contribution in [0.1, 0.15) is 19.2 Å². The third kappa shape index (κ3) is 3.05. The van der Waals surface area contributed by atoms with Crippen LogP contribution in [-0.2, 0) is 17.1 Å². The number of rotatable bonds is 6. The number of sulfonamides is 1. The molecule has 98 valence electrons. The molecule has 0 bridgehead atoms. The van der Waals surface area contributed by atoms with Crippen LogP contribution in [0.4, 0.5) is 0 Å². The maximum atomic E-state index is 12.3. The van der Waals surface area contributed by atoms with Gasteiger partial charge in [-0.2, -0.15) is 4.31 Å². The molecule has 0 atom stereocenters. The standard InChI is InChI=1S/C10H20N4O2S/c1-4-6-14(7-5-11)17(15,16)10-8-13(3)9(2)12-10/h8H,4-7,11H2,1-3H3. The van der Waals surface area contributed by atoms with E-state index in [-0.39, 0.29) is 5.03 Å². The molecular weight excluding hydrogens is 240 g/mol. The third-order valence-electron chi connectivity index (χ3n) is 2.54. The Morgan fingerprint density at radius 2 is 2.12 bits per heavy atom. The van der Waals surface area contributed by atoms with Crippen molar-refractivity contribution in [3.8, 4) is 0 Å². The maximum Gasteiger partial charge on any atom is 0.262 e. The molecule has 2 N–H and O–H groups in total. The summed E-state index contributed by atoms with van der Waals surface area (Å²) in [6, 6.07) is 0. The summed E-state index contributed by atoms with van der Waals surface area (Å²) in [5, 5.41) is 0.0967. The van der Waals surface area contributed by atoms with Crippen LogP contribution in [0.5, 0.6) is 0 Å². The lowest BCUT2D eigenvalue weighted by Crippen LogP contribution is -2.36. The summed E-state index contributed by atoms with van der Waals surface area (Å²) in [6.07, 6.45) is 2.29. The van der Waals surface area contributed by atoms with Crippen molar-refractivity contribution in [2.45, 2.75) is 25.3 Å². The Morgan fingerprint density at radius 1 is 1.47 bits per heavy atom. The van der Waals surface area contributed by atoms with Gasteiger partial charge in [-0.1, -0.05) is 6.92 Å². The van der Waals surface area contributed by atoms with Crippen LogP contribution in [0, 0.1) is 6.92 Å². The molecular formula is C10H20N4O2S. The number of nitrogens with zero attached hydrogens (tertiary/aromatic N) is 3. The van der Waals surface area contributed by atoms with Crippen LogP contribution in [-0.4, -0.2) is 41.9 Å². The van der Waals surface area contributed by atoms with Crippen LogP contribution in [0.2, 0.25) is 0 Å². The number of nitrogens with two attached hydrogens (primary N) is 1. The molecule has 1 heterocycles. The van der Waals surface area contributed by atoms with Crippen molar-refractivity contribution < 1.29 is 8.42 Å². The van der Waals surface area contributed by atoms with Gasteiger partial charge in [0.2, 0.25) is 0 Å². The minimum absolute atomic E-state index is 0.0967. The van der Waals surface area contributed by atoms with Crippen molar-refractivity contribution in [2.24, 2.45) is 12.8 Å². The highest BCUT2D eigenvalue weighted by Gasteiger charge is 2.25. The summed E-state index contributed by atoms with van der Waals surface area (Å²) in [5.41, 5.74) is 5.44. The van der Waals surface area contributed by atoms with Crippen molar-refractivity contribution in [3.05, 3.63) is 12.0 Å². The van der Waals surface area contributed by atoms with E-state index in [9.17, 15) is 8.42 Å². The van der Waals surface area contributed by atoms with Gasteiger partial charge in [-0.15, -0.1) is 0 Å². The average molecular weight is 260 g/mol. The Morgan fingerprint density at radius 3 is 2.53 bits per heavy atom. The minimum atomic E-state index is -3.51. The lowest BCUT2D eigenvalue weighted by Gasteiger charge is -2.19. The van der Waals surface area contributed by atoms with Gasteiger partial charge < -0.3 is 10.3 Å². The molecule has 7 heteroatoms. The Balaban J connectivity index is 3.06. The molecule has 0 aliphatic carbocycles. The van der Waals surface area contributed by atoms with Crippen LogP contribution in [0.3, 0.4) is 0 Å². The average Bonchev–Trinajstić information content (AvgIpc) is 2.59. The fraction of sp³-hybridized carbons (Fsp3) is 0.700. The second-order valence-electron chi connectivity index (χ2n) is 3.93. The van der Waals surface area contributed by atoms with E-state index in [1.807, 2.05) is 6.92 Å². The fourth-order valence-corrected chi connectivity index (χ4v) is 3.10. The summed E-state index contributed by atoms with van der Waals surface area (Å²) in [6.45, 7) is 4.81. The van der Waals surface area contributed by atoms with Gasteiger partial charge >= 0.3 is 0 Å². The molecule has 0 aromatic carbocycles. The molecule has 1 rings (SSSR count). The van der Waals surface area contributed by atoms with Crippen LogP contribution in [0.25, 0.3) is 0 Å². The predicted molar refractivity (Wildman–Crippen MR) is 66.0 cm³/mol. The summed E-state index contributed by atoms with van der Waals surface area (Å²) in [5.74, 6) is 0.674. The molecule has 0 radical (unpaired) electrons. The van der Waals surface area contributed by atoms with Gasteiger partial charge in [0.15, 0.2) is 5.03 Å². The smallest absolute Gasteiger partial charge is 0.262 e. The van der Waals surface area contributed by atoms with E-state index >= 15 is 0 Å². The van der Waals surface area contributed by atoms with Crippen LogP contribution in [0.15, 0.2) is 11.2 Å². The molecule has 0 spiro atoms. The van der Waals surface area contributed by atoms with Crippen molar-refractivity contribution in [3.63, 3.8) is 0 Å². The molecule has 0 saturated carbocycles. The minimum Gasteiger partial charge on any atom is -0.337 e. The van der Waals surface area contributed by atoms with Crippen LogP contribution >= 0.6 is 0 Å². The number of imidazole rings is 1. The highest BCUT2D eigenvalue weighted by Crippen LogP contribution is 2.14. The zero-order valence-corrected chi connectivity index (χ0v) is 11.4. The second-order valence-corrected chi connectivity index (χ2v) is 5.81. The number of aryl methyl sites for hydroxylation is 2. The van der Waals surface area contributed by atoms with Gasteiger partial charge in [-0.05, 0) is 13.3 Å². The lowest BCUT2D eigenvalue weighted by molar-refractivity contribution is 0.416. The maximum absolute atomic E-state index is 12.3. The van der Waals surface area contributed by atoms with E-state index in [4.69, 9.17) is 5.73 Å². The Kier molecular flexibility index (Phi) is 4.67. The van der Waals surface area contributed by atoms with E-state index in [2.05, 4.69) is 4.98 Å². The third-order valence-corrected chi connectivity index (χ3v) is 4.31. The van der Waals surface area contributed by atoms with Gasteiger partial charge in [0.1, 0.15) is 5.82 Å². The summed E-state index contributed by atoms with van der Waals surface area (Å²) >= 11 is 0. The van der Waals surface area contributed by atoms with E-state index in [1.54, 1.807) is 18.5 Å². The number of aromatic nitrogens is 2. The zero-order valence-electron chi connectivity index (χ0n) is 10.5. The zero-order chi connectivity index (χ0) is 13.1. The highest BCUT2D eigenvalue weighted by atomic mass is 32.2. The topological polar surface area (TPSA) is 81.2 Å². The van der Waals surface area contributed by atoms with E-state index < -0.39 is 10.0 Å². The molecule has 17 heavy (non-hydrogen) atoms. The molecule has 0 unspecified atom stereocenters. The van der Waals surface area contributed by atoms with E-state index in [1.165, 1.54) is 10.5 Å². The molecule has 0 aliphatic rings. The quantitative estimate of drug-likeness (QED) is 0.786. The van der Waals surface area contributed by atoms with Gasteiger partial charge in [-0.25, -0.2) is 13.4 Å². The largest absolute Gasteiger partial charge is 0.337 e. The normalized spacial score (nSPS) is 12.3. The van der Waals surface area contributed by atoms with Crippen molar-refractivity contribution in [1.82, 2.24) is 13.9 Å². The number of hydrogen-bond donors (Lipinski definition) is 1. The molecule has 1 aromatic rings. The van der Waals surface area contributed by atoms with Gasteiger partial charge in [0.05, 0.1) is 0 Å². The van der Waals surface area contributed by atoms with Gasteiger partial charge in [0, 0.05) is 32.9 Å². The summed E-state index contributed by atoms with van der Waals surface area (Å²) < 4.78 is 27.6.